The second-order valence-electron chi connectivity index (χ2n) is 2.96. The van der Waals surface area contributed by atoms with E-state index in [1.165, 1.54) is 12.1 Å². The molecule has 0 atom stereocenters. The van der Waals surface area contributed by atoms with E-state index in [-0.39, 0.29) is 5.75 Å². The SMILES string of the molecule is Nc1ccnc2ccc(OC(F)F)cc12. The highest BCUT2D eigenvalue weighted by molar-refractivity contribution is 5.90. The summed E-state index contributed by atoms with van der Waals surface area (Å²) in [6, 6.07) is 6.07. The van der Waals surface area contributed by atoms with Crippen molar-refractivity contribution >= 4 is 16.6 Å². The highest BCUT2D eigenvalue weighted by atomic mass is 19.3. The molecular formula is C10H8F2N2O. The highest BCUT2D eigenvalue weighted by Crippen LogP contribution is 2.24. The van der Waals surface area contributed by atoms with Crippen LogP contribution in [0.4, 0.5) is 14.5 Å². The Hall–Kier alpha value is -1.91. The number of benzene rings is 1. The van der Waals surface area contributed by atoms with Crippen LogP contribution in [-0.4, -0.2) is 11.6 Å². The minimum atomic E-state index is -2.83. The maximum atomic E-state index is 12.0. The number of hydrogen-bond acceptors (Lipinski definition) is 3. The number of fused-ring (bicyclic) bond motifs is 1. The molecule has 1 heterocycles. The molecule has 3 nitrogen and oxygen atoms in total. The number of ether oxygens (including phenoxy) is 1. The van der Waals surface area contributed by atoms with Gasteiger partial charge in [0.05, 0.1) is 5.52 Å². The normalized spacial score (nSPS) is 10.9. The molecule has 5 heteroatoms. The maximum absolute atomic E-state index is 12.0. The van der Waals surface area contributed by atoms with Gasteiger partial charge in [-0.15, -0.1) is 0 Å². The Bertz CT molecular complexity index is 488. The molecule has 2 N–H and O–H groups in total. The summed E-state index contributed by atoms with van der Waals surface area (Å²) in [6.07, 6.45) is 1.56. The minimum Gasteiger partial charge on any atom is -0.435 e. The molecule has 0 saturated heterocycles. The van der Waals surface area contributed by atoms with Crippen molar-refractivity contribution in [2.24, 2.45) is 0 Å². The van der Waals surface area contributed by atoms with Crippen molar-refractivity contribution in [1.82, 2.24) is 4.98 Å². The van der Waals surface area contributed by atoms with E-state index in [0.29, 0.717) is 16.6 Å². The molecule has 0 aliphatic heterocycles. The van der Waals surface area contributed by atoms with Crippen molar-refractivity contribution in [3.63, 3.8) is 0 Å². The standard InChI is InChI=1S/C10H8F2N2O/c11-10(12)15-6-1-2-9-7(5-6)8(13)3-4-14-9/h1-5,10H,(H2,13,14). The Kier molecular flexibility index (Phi) is 2.37. The topological polar surface area (TPSA) is 48.1 Å². The van der Waals surface area contributed by atoms with E-state index in [9.17, 15) is 8.78 Å². The van der Waals surface area contributed by atoms with Gasteiger partial charge in [0.15, 0.2) is 0 Å². The fourth-order valence-electron chi connectivity index (χ4n) is 1.32. The summed E-state index contributed by atoms with van der Waals surface area (Å²) in [5.41, 5.74) is 6.81. The van der Waals surface area contributed by atoms with Crippen molar-refractivity contribution in [2.75, 3.05) is 5.73 Å². The van der Waals surface area contributed by atoms with E-state index in [1.54, 1.807) is 18.3 Å². The second-order valence-corrected chi connectivity index (χ2v) is 2.96. The molecule has 78 valence electrons. The van der Waals surface area contributed by atoms with Crippen molar-refractivity contribution in [3.8, 4) is 5.75 Å². The van der Waals surface area contributed by atoms with Gasteiger partial charge >= 0.3 is 6.61 Å². The molecule has 2 rings (SSSR count). The van der Waals surface area contributed by atoms with Gasteiger partial charge in [0.1, 0.15) is 5.75 Å². The first-order chi connectivity index (χ1) is 7.16. The Morgan fingerprint density at radius 1 is 1.27 bits per heavy atom. The summed E-state index contributed by atoms with van der Waals surface area (Å²) in [6.45, 7) is -2.83. The van der Waals surface area contributed by atoms with E-state index in [0.717, 1.165) is 0 Å². The fourth-order valence-corrected chi connectivity index (χ4v) is 1.32. The molecule has 15 heavy (non-hydrogen) atoms. The summed E-state index contributed by atoms with van der Waals surface area (Å²) in [7, 11) is 0. The third-order valence-electron chi connectivity index (χ3n) is 1.97. The Morgan fingerprint density at radius 3 is 2.80 bits per heavy atom. The van der Waals surface area contributed by atoms with Crippen LogP contribution in [0.15, 0.2) is 30.5 Å². The molecule has 2 aromatic rings. The number of hydrogen-bond donors (Lipinski definition) is 1. The van der Waals surface area contributed by atoms with E-state index >= 15 is 0 Å². The molecule has 0 saturated carbocycles. The number of aromatic nitrogens is 1. The summed E-state index contributed by atoms with van der Waals surface area (Å²) in [5.74, 6) is 0.0807. The summed E-state index contributed by atoms with van der Waals surface area (Å²) >= 11 is 0. The smallest absolute Gasteiger partial charge is 0.387 e. The van der Waals surface area contributed by atoms with Crippen LogP contribution in [-0.2, 0) is 0 Å². The van der Waals surface area contributed by atoms with Crippen LogP contribution in [0.2, 0.25) is 0 Å². The molecule has 0 aliphatic rings. The van der Waals surface area contributed by atoms with Crippen molar-refractivity contribution in [2.45, 2.75) is 6.61 Å². The molecule has 0 amide bonds. The van der Waals surface area contributed by atoms with Gasteiger partial charge in [-0.25, -0.2) is 0 Å². The Balaban J connectivity index is 2.50. The first kappa shape index (κ1) is 9.64. The summed E-state index contributed by atoms with van der Waals surface area (Å²) < 4.78 is 28.2. The number of rotatable bonds is 2. The molecular weight excluding hydrogens is 202 g/mol. The third kappa shape index (κ3) is 1.96. The maximum Gasteiger partial charge on any atom is 0.387 e. The first-order valence-corrected chi connectivity index (χ1v) is 4.26. The molecule has 0 radical (unpaired) electrons. The predicted octanol–water partition coefficient (Wildman–Crippen LogP) is 2.42. The van der Waals surface area contributed by atoms with Crippen LogP contribution < -0.4 is 10.5 Å². The van der Waals surface area contributed by atoms with Gasteiger partial charge in [0.2, 0.25) is 0 Å². The molecule has 0 bridgehead atoms. The number of nitrogens with two attached hydrogens (primary N) is 1. The number of anilines is 1. The van der Waals surface area contributed by atoms with Gasteiger partial charge in [0, 0.05) is 17.3 Å². The lowest BCUT2D eigenvalue weighted by molar-refractivity contribution is -0.0497. The molecule has 1 aromatic carbocycles. The fraction of sp³-hybridized carbons (Fsp3) is 0.100. The van der Waals surface area contributed by atoms with Crippen LogP contribution >= 0.6 is 0 Å². The van der Waals surface area contributed by atoms with E-state index in [2.05, 4.69) is 9.72 Å². The van der Waals surface area contributed by atoms with Crippen LogP contribution in [0.5, 0.6) is 5.75 Å². The summed E-state index contributed by atoms with van der Waals surface area (Å²) in [4.78, 5) is 4.04. The van der Waals surface area contributed by atoms with Crippen molar-refractivity contribution in [1.29, 1.82) is 0 Å². The predicted molar refractivity (Wildman–Crippen MR) is 52.8 cm³/mol. The van der Waals surface area contributed by atoms with E-state index < -0.39 is 6.61 Å². The minimum absolute atomic E-state index is 0.0807. The van der Waals surface area contributed by atoms with Gasteiger partial charge in [-0.3, -0.25) is 4.98 Å². The molecule has 0 spiro atoms. The summed E-state index contributed by atoms with van der Waals surface area (Å²) in [5, 5.41) is 0.607. The number of halogens is 2. The van der Waals surface area contributed by atoms with Gasteiger partial charge in [-0.05, 0) is 24.3 Å². The zero-order valence-corrected chi connectivity index (χ0v) is 7.65. The highest BCUT2D eigenvalue weighted by Gasteiger charge is 2.06. The monoisotopic (exact) mass is 210 g/mol. The van der Waals surface area contributed by atoms with Crippen LogP contribution in [0.1, 0.15) is 0 Å². The second kappa shape index (κ2) is 3.68. The third-order valence-corrected chi connectivity index (χ3v) is 1.97. The van der Waals surface area contributed by atoms with Crippen molar-refractivity contribution in [3.05, 3.63) is 30.5 Å². The lowest BCUT2D eigenvalue weighted by atomic mass is 10.2. The van der Waals surface area contributed by atoms with Crippen molar-refractivity contribution < 1.29 is 13.5 Å². The zero-order valence-electron chi connectivity index (χ0n) is 7.65. The Morgan fingerprint density at radius 2 is 2.07 bits per heavy atom. The Labute approximate surface area is 84.5 Å². The number of pyridine rings is 1. The lowest BCUT2D eigenvalue weighted by Gasteiger charge is -2.06. The average Bonchev–Trinajstić information content (AvgIpc) is 2.18. The van der Waals surface area contributed by atoms with Gasteiger partial charge in [-0.2, -0.15) is 8.78 Å². The molecule has 0 fully saturated rings. The molecule has 0 unspecified atom stereocenters. The van der Waals surface area contributed by atoms with Gasteiger partial charge in [0.25, 0.3) is 0 Å². The van der Waals surface area contributed by atoms with Gasteiger partial charge in [-0.1, -0.05) is 0 Å². The lowest BCUT2D eigenvalue weighted by Crippen LogP contribution is -2.01. The van der Waals surface area contributed by atoms with Gasteiger partial charge < -0.3 is 10.5 Å². The number of alkyl halides is 2. The quantitative estimate of drug-likeness (QED) is 0.827. The zero-order chi connectivity index (χ0) is 10.8. The first-order valence-electron chi connectivity index (χ1n) is 4.26. The largest absolute Gasteiger partial charge is 0.435 e. The number of nitrogens with zero attached hydrogens (tertiary/aromatic N) is 1. The average molecular weight is 210 g/mol. The van der Waals surface area contributed by atoms with E-state index in [1.807, 2.05) is 0 Å². The number of nitrogen functional groups attached to an aromatic ring is 1. The molecule has 0 aliphatic carbocycles. The van der Waals surface area contributed by atoms with Crippen LogP contribution in [0.25, 0.3) is 10.9 Å². The van der Waals surface area contributed by atoms with E-state index in [4.69, 9.17) is 5.73 Å². The van der Waals surface area contributed by atoms with Crippen LogP contribution in [0.3, 0.4) is 0 Å². The van der Waals surface area contributed by atoms with Crippen LogP contribution in [0, 0.1) is 0 Å². The molecule has 1 aromatic heterocycles.